The van der Waals surface area contributed by atoms with Crippen molar-refractivity contribution in [2.45, 2.75) is 6.42 Å². The van der Waals surface area contributed by atoms with Gasteiger partial charge < -0.3 is 20.9 Å². The smallest absolute Gasteiger partial charge is 0.333 e. The van der Waals surface area contributed by atoms with E-state index in [2.05, 4.69) is 16.0 Å². The molecule has 0 saturated heterocycles. The molecule has 212 valence electrons. The van der Waals surface area contributed by atoms with E-state index in [1.165, 1.54) is 24.4 Å². The lowest BCUT2D eigenvalue weighted by Crippen LogP contribution is -2.34. The minimum Gasteiger partial charge on any atom is -0.388 e. The molecule has 3 aromatic rings. The number of nitrogens with one attached hydrogen (secondary N) is 4. The second-order valence-corrected chi connectivity index (χ2v) is 12.2. The Morgan fingerprint density at radius 1 is 1.10 bits per heavy atom. The second kappa shape index (κ2) is 12.1. The SMILES string of the molecule is CNc1ccc2c(=O)n(-c3ccc(NC(=O)NS(=O)(=O)C4=CCCS4)cc3F)cc(C(=O)NCCN(C)C)c2c1. The highest BCUT2D eigenvalue weighted by Gasteiger charge is 2.24. The first-order valence-corrected chi connectivity index (χ1v) is 14.7. The van der Waals surface area contributed by atoms with E-state index in [-0.39, 0.29) is 26.6 Å². The van der Waals surface area contributed by atoms with Crippen molar-refractivity contribution in [1.29, 1.82) is 0 Å². The molecule has 11 nitrogen and oxygen atoms in total. The molecule has 3 amide bonds. The van der Waals surface area contributed by atoms with Crippen molar-refractivity contribution >= 4 is 55.9 Å². The molecule has 0 atom stereocenters. The highest BCUT2D eigenvalue weighted by atomic mass is 32.3. The van der Waals surface area contributed by atoms with E-state index in [1.54, 1.807) is 25.2 Å². The summed E-state index contributed by atoms with van der Waals surface area (Å²) in [6.07, 6.45) is 3.39. The summed E-state index contributed by atoms with van der Waals surface area (Å²) in [5.74, 6) is -0.697. The first-order valence-electron chi connectivity index (χ1n) is 12.3. The van der Waals surface area contributed by atoms with E-state index in [9.17, 15) is 22.8 Å². The molecule has 2 aromatic carbocycles. The molecule has 0 spiro atoms. The number of benzene rings is 2. The number of pyridine rings is 1. The molecule has 40 heavy (non-hydrogen) atoms. The van der Waals surface area contributed by atoms with E-state index in [0.29, 0.717) is 36.3 Å². The Hall–Kier alpha value is -3.88. The number of halogens is 1. The van der Waals surface area contributed by atoms with Crippen molar-refractivity contribution in [3.05, 3.63) is 74.6 Å². The standard InChI is InChI=1S/C26H29FN6O5S2/c1-28-16-6-8-18-19(13-16)20(24(34)29-10-11-32(2)3)15-33(25(18)35)22-9-7-17(14-21(22)27)30-26(36)31-40(37,38)23-5-4-12-39-23/h5-9,13-15,28H,4,10-12H2,1-3H3,(H,29,34)(H2,30,31,36). The van der Waals surface area contributed by atoms with Crippen LogP contribution in [0.4, 0.5) is 20.6 Å². The van der Waals surface area contributed by atoms with Gasteiger partial charge in [-0.3, -0.25) is 14.2 Å². The van der Waals surface area contributed by atoms with Gasteiger partial charge in [0.05, 0.1) is 11.3 Å². The zero-order valence-electron chi connectivity index (χ0n) is 22.1. The van der Waals surface area contributed by atoms with Crippen LogP contribution in [0.25, 0.3) is 16.5 Å². The average Bonchev–Trinajstić information content (AvgIpc) is 3.45. The number of amides is 3. The Kier molecular flexibility index (Phi) is 8.81. The van der Waals surface area contributed by atoms with E-state index < -0.39 is 33.3 Å². The Morgan fingerprint density at radius 2 is 1.85 bits per heavy atom. The summed E-state index contributed by atoms with van der Waals surface area (Å²) in [7, 11) is 1.44. The molecule has 2 heterocycles. The van der Waals surface area contributed by atoms with E-state index in [4.69, 9.17) is 0 Å². The van der Waals surface area contributed by atoms with Crippen LogP contribution < -0.4 is 26.2 Å². The van der Waals surface area contributed by atoms with Crippen LogP contribution in [0.15, 0.2) is 57.7 Å². The van der Waals surface area contributed by atoms with Gasteiger partial charge in [0.1, 0.15) is 10.1 Å². The third-order valence-electron chi connectivity index (χ3n) is 6.03. The summed E-state index contributed by atoms with van der Waals surface area (Å²) < 4.78 is 42.9. The van der Waals surface area contributed by atoms with Crippen molar-refractivity contribution in [3.63, 3.8) is 0 Å². The maximum Gasteiger partial charge on any atom is 0.333 e. The number of hydrogen-bond donors (Lipinski definition) is 4. The second-order valence-electron chi connectivity index (χ2n) is 9.17. The van der Waals surface area contributed by atoms with Crippen molar-refractivity contribution < 1.29 is 22.4 Å². The molecule has 1 aromatic heterocycles. The highest BCUT2D eigenvalue weighted by molar-refractivity contribution is 8.18. The number of hydrogen-bond acceptors (Lipinski definition) is 8. The maximum atomic E-state index is 15.3. The molecule has 4 N–H and O–H groups in total. The van der Waals surface area contributed by atoms with Gasteiger partial charge >= 0.3 is 6.03 Å². The summed E-state index contributed by atoms with van der Waals surface area (Å²) >= 11 is 1.12. The van der Waals surface area contributed by atoms with Gasteiger partial charge in [0, 0.05) is 54.2 Å². The fraction of sp³-hybridized carbons (Fsp3) is 0.269. The Balaban J connectivity index is 1.66. The van der Waals surface area contributed by atoms with E-state index in [0.717, 1.165) is 22.4 Å². The van der Waals surface area contributed by atoms with Gasteiger partial charge in [-0.1, -0.05) is 6.08 Å². The van der Waals surface area contributed by atoms with Crippen LogP contribution in [0.3, 0.4) is 0 Å². The van der Waals surface area contributed by atoms with Crippen LogP contribution in [-0.4, -0.2) is 69.8 Å². The lowest BCUT2D eigenvalue weighted by molar-refractivity contribution is 0.0952. The molecule has 0 saturated carbocycles. The number of sulfonamides is 1. The lowest BCUT2D eigenvalue weighted by atomic mass is 10.1. The molecule has 14 heteroatoms. The number of aromatic nitrogens is 1. The highest BCUT2D eigenvalue weighted by Crippen LogP contribution is 2.29. The van der Waals surface area contributed by atoms with Crippen LogP contribution in [-0.2, 0) is 10.0 Å². The number of fused-ring (bicyclic) bond motifs is 1. The van der Waals surface area contributed by atoms with Gasteiger partial charge in [-0.2, -0.15) is 0 Å². The zero-order valence-corrected chi connectivity index (χ0v) is 23.7. The number of rotatable bonds is 9. The summed E-state index contributed by atoms with van der Waals surface area (Å²) in [4.78, 5) is 40.7. The molecule has 0 bridgehead atoms. The number of thioether (sulfide) groups is 1. The minimum atomic E-state index is -4.02. The fourth-order valence-corrected chi connectivity index (χ4v) is 6.44. The van der Waals surface area contributed by atoms with Crippen molar-refractivity contribution in [2.75, 3.05) is 50.6 Å². The third-order valence-corrected chi connectivity index (χ3v) is 9.08. The maximum absolute atomic E-state index is 15.3. The molecule has 0 aliphatic carbocycles. The molecule has 0 radical (unpaired) electrons. The number of allylic oxidation sites excluding steroid dienone is 1. The number of anilines is 2. The normalized spacial score (nSPS) is 13.3. The topological polar surface area (TPSA) is 142 Å². The predicted octanol–water partition coefficient (Wildman–Crippen LogP) is 2.89. The van der Waals surface area contributed by atoms with Gasteiger partial charge in [-0.05, 0) is 56.9 Å². The summed E-state index contributed by atoms with van der Waals surface area (Å²) in [6.45, 7) is 0.958. The average molecular weight is 589 g/mol. The quantitative estimate of drug-likeness (QED) is 0.299. The predicted molar refractivity (Wildman–Crippen MR) is 156 cm³/mol. The largest absolute Gasteiger partial charge is 0.388 e. The molecule has 1 aliphatic heterocycles. The van der Waals surface area contributed by atoms with Gasteiger partial charge in [0.25, 0.3) is 21.5 Å². The van der Waals surface area contributed by atoms with Gasteiger partial charge in [0.15, 0.2) is 0 Å². The molecule has 4 rings (SSSR count). The van der Waals surface area contributed by atoms with Crippen LogP contribution in [0.5, 0.6) is 0 Å². The fourth-order valence-electron chi connectivity index (χ4n) is 4.04. The van der Waals surface area contributed by atoms with Gasteiger partial charge in [0.2, 0.25) is 0 Å². The Bertz CT molecular complexity index is 1670. The Morgan fingerprint density at radius 3 is 2.50 bits per heavy atom. The minimum absolute atomic E-state index is 0.0313. The summed E-state index contributed by atoms with van der Waals surface area (Å²) in [6, 6.07) is 7.41. The van der Waals surface area contributed by atoms with Gasteiger partial charge in [-0.15, -0.1) is 11.8 Å². The van der Waals surface area contributed by atoms with Crippen LogP contribution in [0, 0.1) is 5.82 Å². The Labute approximate surface area is 234 Å². The number of likely N-dealkylation sites (N-methyl/N-ethyl adjacent to an activating group) is 1. The molecule has 0 fully saturated rings. The number of carbonyl (C=O) groups excluding carboxylic acids is 2. The number of nitrogens with zero attached hydrogens (tertiary/aromatic N) is 2. The van der Waals surface area contributed by atoms with Crippen molar-refractivity contribution in [2.24, 2.45) is 0 Å². The van der Waals surface area contributed by atoms with Crippen LogP contribution in [0.1, 0.15) is 16.8 Å². The first-order chi connectivity index (χ1) is 19.0. The van der Waals surface area contributed by atoms with Crippen molar-refractivity contribution in [3.8, 4) is 5.69 Å². The third kappa shape index (κ3) is 6.46. The molecular weight excluding hydrogens is 559 g/mol. The summed E-state index contributed by atoms with van der Waals surface area (Å²) in [5.41, 5.74) is 0.134. The summed E-state index contributed by atoms with van der Waals surface area (Å²) in [5, 5.41) is 8.71. The number of urea groups is 1. The van der Waals surface area contributed by atoms with E-state index >= 15 is 4.39 Å². The lowest BCUT2D eigenvalue weighted by Gasteiger charge is -2.16. The first kappa shape index (κ1) is 29.1. The monoisotopic (exact) mass is 588 g/mol. The van der Waals surface area contributed by atoms with Crippen LogP contribution in [0.2, 0.25) is 0 Å². The van der Waals surface area contributed by atoms with Crippen LogP contribution >= 0.6 is 11.8 Å². The van der Waals surface area contributed by atoms with Crippen molar-refractivity contribution in [1.82, 2.24) is 19.5 Å². The number of carbonyl (C=O) groups is 2. The molecule has 0 unspecified atom stereocenters. The molecule has 1 aliphatic rings. The van der Waals surface area contributed by atoms with E-state index in [1.807, 2.05) is 23.7 Å². The van der Waals surface area contributed by atoms with Gasteiger partial charge in [-0.25, -0.2) is 22.3 Å². The molecular formula is C26H29FN6O5S2. The zero-order chi connectivity index (χ0) is 29.0.